The highest BCUT2D eigenvalue weighted by atomic mass is 16.5. The van der Waals surface area contributed by atoms with Crippen molar-refractivity contribution in [1.82, 2.24) is 9.55 Å². The van der Waals surface area contributed by atoms with Crippen molar-refractivity contribution in [2.75, 3.05) is 6.61 Å². The predicted octanol–water partition coefficient (Wildman–Crippen LogP) is 6.11. The van der Waals surface area contributed by atoms with Gasteiger partial charge in [0, 0.05) is 23.7 Å². The molecule has 0 unspecified atom stereocenters. The molecule has 0 radical (unpaired) electrons. The summed E-state index contributed by atoms with van der Waals surface area (Å²) in [5.74, 6) is 0.988. The molecular formula is C26H26N2O3. The zero-order valence-electron chi connectivity index (χ0n) is 17.4. The molecule has 1 aromatic heterocycles. The molecule has 4 rings (SSSR count). The van der Waals surface area contributed by atoms with Gasteiger partial charge in [-0.1, -0.05) is 61.4 Å². The van der Waals surface area contributed by atoms with Gasteiger partial charge in [-0.3, -0.25) is 9.36 Å². The van der Waals surface area contributed by atoms with E-state index in [0.717, 1.165) is 59.5 Å². The monoisotopic (exact) mass is 414 g/mol. The third kappa shape index (κ3) is 5.12. The zero-order valence-corrected chi connectivity index (χ0v) is 17.4. The van der Waals surface area contributed by atoms with Crippen LogP contribution >= 0.6 is 0 Å². The topological polar surface area (TPSA) is 64.3 Å². The second-order valence-corrected chi connectivity index (χ2v) is 7.53. The van der Waals surface area contributed by atoms with Gasteiger partial charge in [-0.2, -0.15) is 0 Å². The predicted molar refractivity (Wildman–Crippen MR) is 123 cm³/mol. The van der Waals surface area contributed by atoms with Gasteiger partial charge in [-0.05, 0) is 37.1 Å². The van der Waals surface area contributed by atoms with Crippen LogP contribution in [0.1, 0.15) is 32.1 Å². The van der Waals surface area contributed by atoms with Crippen LogP contribution in [-0.4, -0.2) is 27.2 Å². The van der Waals surface area contributed by atoms with Crippen molar-refractivity contribution >= 4 is 17.0 Å². The van der Waals surface area contributed by atoms with E-state index in [1.165, 1.54) is 0 Å². The molecule has 4 aromatic rings. The maximum Gasteiger partial charge on any atom is 0.303 e. The maximum atomic E-state index is 10.6. The molecule has 3 aromatic carbocycles. The van der Waals surface area contributed by atoms with Crippen LogP contribution in [0.15, 0.2) is 78.9 Å². The van der Waals surface area contributed by atoms with E-state index in [1.807, 2.05) is 54.6 Å². The average Bonchev–Trinajstić information content (AvgIpc) is 3.18. The van der Waals surface area contributed by atoms with Gasteiger partial charge < -0.3 is 9.84 Å². The van der Waals surface area contributed by atoms with E-state index in [-0.39, 0.29) is 6.42 Å². The normalized spacial score (nSPS) is 11.0. The highest BCUT2D eigenvalue weighted by Crippen LogP contribution is 2.30. The molecule has 0 spiro atoms. The fraction of sp³-hybridized carbons (Fsp3) is 0.231. The van der Waals surface area contributed by atoms with Crippen LogP contribution in [0.3, 0.4) is 0 Å². The number of imidazole rings is 1. The summed E-state index contributed by atoms with van der Waals surface area (Å²) >= 11 is 0. The van der Waals surface area contributed by atoms with Gasteiger partial charge in [0.1, 0.15) is 11.6 Å². The first-order chi connectivity index (χ1) is 15.2. The number of hydrogen-bond acceptors (Lipinski definition) is 3. The minimum atomic E-state index is -0.727. The Morgan fingerprint density at radius 1 is 0.871 bits per heavy atom. The van der Waals surface area contributed by atoms with Crippen LogP contribution in [0.2, 0.25) is 0 Å². The Balaban J connectivity index is 1.55. The Bertz CT molecular complexity index is 1140. The van der Waals surface area contributed by atoms with Crippen molar-refractivity contribution < 1.29 is 14.6 Å². The molecule has 0 aliphatic heterocycles. The number of hydrogen-bond donors (Lipinski definition) is 1. The number of ether oxygens (including phenoxy) is 1. The largest absolute Gasteiger partial charge is 0.494 e. The van der Waals surface area contributed by atoms with Crippen molar-refractivity contribution in [2.45, 2.75) is 32.1 Å². The summed E-state index contributed by atoms with van der Waals surface area (Å²) < 4.78 is 8.16. The Labute approximate surface area is 181 Å². The second kappa shape index (κ2) is 9.94. The number of aliphatic carboxylic acids is 1. The SMILES string of the molecule is O=C(O)CCCCCCOc1ccc2nc(-c3ccccc3)n(-c3ccccc3)c2c1. The Morgan fingerprint density at radius 3 is 2.32 bits per heavy atom. The van der Waals surface area contributed by atoms with Gasteiger partial charge >= 0.3 is 5.97 Å². The minimum absolute atomic E-state index is 0.241. The number of para-hydroxylation sites is 1. The molecule has 0 aliphatic carbocycles. The number of nitrogens with zero attached hydrogens (tertiary/aromatic N) is 2. The molecule has 0 bridgehead atoms. The number of carboxylic acid groups (broad SMARTS) is 1. The van der Waals surface area contributed by atoms with E-state index in [4.69, 9.17) is 14.8 Å². The molecule has 0 saturated heterocycles. The second-order valence-electron chi connectivity index (χ2n) is 7.53. The quantitative estimate of drug-likeness (QED) is 0.318. The fourth-order valence-electron chi connectivity index (χ4n) is 3.69. The Hall–Kier alpha value is -3.60. The highest BCUT2D eigenvalue weighted by Gasteiger charge is 2.15. The summed E-state index contributed by atoms with van der Waals surface area (Å²) in [6, 6.07) is 26.4. The third-order valence-corrected chi connectivity index (χ3v) is 5.23. The lowest BCUT2D eigenvalue weighted by atomic mass is 10.1. The summed E-state index contributed by atoms with van der Waals surface area (Å²) in [7, 11) is 0. The first-order valence-electron chi connectivity index (χ1n) is 10.7. The summed E-state index contributed by atoms with van der Waals surface area (Å²) in [4.78, 5) is 15.5. The van der Waals surface area contributed by atoms with E-state index < -0.39 is 5.97 Å². The molecule has 5 nitrogen and oxygen atoms in total. The number of fused-ring (bicyclic) bond motifs is 1. The molecule has 0 amide bonds. The van der Waals surface area contributed by atoms with E-state index in [9.17, 15) is 4.79 Å². The van der Waals surface area contributed by atoms with Crippen LogP contribution in [0.4, 0.5) is 0 Å². The number of carboxylic acids is 1. The first-order valence-corrected chi connectivity index (χ1v) is 10.7. The van der Waals surface area contributed by atoms with Crippen molar-refractivity contribution in [3.63, 3.8) is 0 Å². The van der Waals surface area contributed by atoms with Gasteiger partial charge in [-0.25, -0.2) is 4.98 Å². The van der Waals surface area contributed by atoms with E-state index in [1.54, 1.807) is 0 Å². The molecule has 0 atom stereocenters. The summed E-state index contributed by atoms with van der Waals surface area (Å²) in [6.45, 7) is 0.615. The van der Waals surface area contributed by atoms with Crippen LogP contribution in [0.5, 0.6) is 5.75 Å². The molecule has 158 valence electrons. The standard InChI is InChI=1S/C26H26N2O3/c29-25(30)15-9-1-2-10-18-31-22-16-17-23-24(19-22)28(21-13-7-4-8-14-21)26(27-23)20-11-5-3-6-12-20/h3-8,11-14,16-17,19H,1-2,9-10,15,18H2,(H,29,30). The van der Waals surface area contributed by atoms with Crippen LogP contribution < -0.4 is 4.74 Å². The van der Waals surface area contributed by atoms with Crippen LogP contribution in [0.25, 0.3) is 28.1 Å². The number of aromatic nitrogens is 2. The number of rotatable bonds is 10. The number of unbranched alkanes of at least 4 members (excludes halogenated alkanes) is 3. The molecule has 1 heterocycles. The number of carbonyl (C=O) groups is 1. The van der Waals surface area contributed by atoms with Crippen LogP contribution in [0, 0.1) is 0 Å². The Kier molecular flexibility index (Phi) is 6.62. The van der Waals surface area contributed by atoms with Gasteiger partial charge in [-0.15, -0.1) is 0 Å². The van der Waals surface area contributed by atoms with Gasteiger partial charge in [0.05, 0.1) is 17.6 Å². The number of benzene rings is 3. The smallest absolute Gasteiger partial charge is 0.303 e. The molecule has 0 saturated carbocycles. The van der Waals surface area contributed by atoms with Crippen LogP contribution in [-0.2, 0) is 4.79 Å². The summed E-state index contributed by atoms with van der Waals surface area (Å²) in [5.41, 5.74) is 4.04. The molecule has 31 heavy (non-hydrogen) atoms. The van der Waals surface area contributed by atoms with Crippen molar-refractivity contribution in [3.05, 3.63) is 78.9 Å². The first kappa shape index (κ1) is 20.7. The zero-order chi connectivity index (χ0) is 21.5. The minimum Gasteiger partial charge on any atom is -0.494 e. The molecule has 0 aliphatic rings. The third-order valence-electron chi connectivity index (χ3n) is 5.23. The van der Waals surface area contributed by atoms with E-state index >= 15 is 0 Å². The molecular weight excluding hydrogens is 388 g/mol. The summed E-state index contributed by atoms with van der Waals surface area (Å²) in [6.07, 6.45) is 3.75. The van der Waals surface area contributed by atoms with Crippen molar-refractivity contribution in [1.29, 1.82) is 0 Å². The highest BCUT2D eigenvalue weighted by molar-refractivity contribution is 5.84. The van der Waals surface area contributed by atoms with Crippen molar-refractivity contribution in [2.24, 2.45) is 0 Å². The lowest BCUT2D eigenvalue weighted by Gasteiger charge is -2.10. The van der Waals surface area contributed by atoms with Gasteiger partial charge in [0.15, 0.2) is 0 Å². The molecule has 0 fully saturated rings. The van der Waals surface area contributed by atoms with Gasteiger partial charge in [0.2, 0.25) is 0 Å². The summed E-state index contributed by atoms with van der Waals surface area (Å²) in [5, 5.41) is 8.70. The van der Waals surface area contributed by atoms with Crippen molar-refractivity contribution in [3.8, 4) is 22.8 Å². The van der Waals surface area contributed by atoms with Gasteiger partial charge in [0.25, 0.3) is 0 Å². The molecule has 5 heteroatoms. The van der Waals surface area contributed by atoms with E-state index in [2.05, 4.69) is 28.8 Å². The van der Waals surface area contributed by atoms with E-state index in [0.29, 0.717) is 6.61 Å². The lowest BCUT2D eigenvalue weighted by Crippen LogP contribution is -1.99. The Morgan fingerprint density at radius 2 is 1.58 bits per heavy atom. The lowest BCUT2D eigenvalue weighted by molar-refractivity contribution is -0.137. The molecule has 1 N–H and O–H groups in total. The maximum absolute atomic E-state index is 10.6. The fourth-order valence-corrected chi connectivity index (χ4v) is 3.69. The average molecular weight is 415 g/mol.